The minimum atomic E-state index is -0.791. The number of carboxylic acids is 1. The third-order valence-corrected chi connectivity index (χ3v) is 7.52. The molecule has 1 saturated heterocycles. The average Bonchev–Trinajstić information content (AvgIpc) is 2.91. The highest BCUT2D eigenvalue weighted by Gasteiger charge is 2.23. The van der Waals surface area contributed by atoms with Gasteiger partial charge >= 0.3 is 5.97 Å². The summed E-state index contributed by atoms with van der Waals surface area (Å²) in [5.41, 5.74) is 5.43. The Morgan fingerprint density at radius 3 is 2.78 bits per heavy atom. The zero-order valence-corrected chi connectivity index (χ0v) is 20.7. The van der Waals surface area contributed by atoms with Crippen LogP contribution in [0.3, 0.4) is 0 Å². The minimum absolute atomic E-state index is 0.112. The number of fused-ring (bicyclic) bond motifs is 2. The van der Waals surface area contributed by atoms with Gasteiger partial charge in [-0.15, -0.1) is 0 Å². The Balaban J connectivity index is 1.14. The summed E-state index contributed by atoms with van der Waals surface area (Å²) in [6.07, 6.45) is 8.74. The molecule has 7 nitrogen and oxygen atoms in total. The summed E-state index contributed by atoms with van der Waals surface area (Å²) in [4.78, 5) is 35.1. The summed E-state index contributed by atoms with van der Waals surface area (Å²) < 4.78 is 0. The molecule has 0 saturated carbocycles. The Bertz CT molecular complexity index is 1250. The molecule has 1 fully saturated rings. The second-order valence-electron chi connectivity index (χ2n) is 10.1. The molecule has 3 aromatic rings. The third-order valence-electron chi connectivity index (χ3n) is 7.52. The molecule has 0 radical (unpaired) electrons. The zero-order chi connectivity index (χ0) is 24.9. The third kappa shape index (κ3) is 5.83. The van der Waals surface area contributed by atoms with E-state index in [4.69, 9.17) is 10.1 Å². The van der Waals surface area contributed by atoms with Gasteiger partial charge in [-0.3, -0.25) is 14.6 Å². The van der Waals surface area contributed by atoms with E-state index >= 15 is 0 Å². The van der Waals surface area contributed by atoms with Gasteiger partial charge in [0.25, 0.3) is 0 Å². The van der Waals surface area contributed by atoms with Gasteiger partial charge < -0.3 is 15.3 Å². The molecule has 4 heterocycles. The molecular weight excluding hydrogens is 452 g/mol. The fourth-order valence-corrected chi connectivity index (χ4v) is 5.42. The molecule has 0 atom stereocenters. The zero-order valence-electron chi connectivity index (χ0n) is 20.7. The number of hydrogen-bond donors (Lipinski definition) is 2. The van der Waals surface area contributed by atoms with Crippen LogP contribution in [-0.2, 0) is 35.3 Å². The lowest BCUT2D eigenvalue weighted by Crippen LogP contribution is -2.39. The van der Waals surface area contributed by atoms with Crippen LogP contribution in [-0.4, -0.2) is 51.5 Å². The first-order valence-corrected chi connectivity index (χ1v) is 13.1. The van der Waals surface area contributed by atoms with Crippen LogP contribution in [0.5, 0.6) is 0 Å². The van der Waals surface area contributed by atoms with E-state index in [1.807, 2.05) is 17.0 Å². The fourth-order valence-electron chi connectivity index (χ4n) is 5.42. The Hall–Kier alpha value is -3.48. The summed E-state index contributed by atoms with van der Waals surface area (Å²) in [7, 11) is 0. The molecule has 2 aliphatic heterocycles. The smallest absolute Gasteiger partial charge is 0.303 e. The molecule has 5 rings (SSSR count). The molecule has 2 aliphatic rings. The molecule has 1 aromatic carbocycles. The van der Waals surface area contributed by atoms with Crippen molar-refractivity contribution < 1.29 is 14.7 Å². The average molecular weight is 487 g/mol. The van der Waals surface area contributed by atoms with Crippen molar-refractivity contribution in [3.8, 4) is 0 Å². The highest BCUT2D eigenvalue weighted by molar-refractivity contribution is 5.83. The van der Waals surface area contributed by atoms with Crippen LogP contribution in [0.1, 0.15) is 54.5 Å². The van der Waals surface area contributed by atoms with Crippen LogP contribution in [0, 0.1) is 5.92 Å². The number of anilines is 1. The predicted octanol–water partition coefficient (Wildman–Crippen LogP) is 4.42. The van der Waals surface area contributed by atoms with Crippen molar-refractivity contribution in [3.63, 3.8) is 0 Å². The Labute approximate surface area is 211 Å². The first kappa shape index (κ1) is 24.2. The van der Waals surface area contributed by atoms with Crippen molar-refractivity contribution in [2.45, 2.75) is 57.8 Å². The molecule has 0 bridgehead atoms. The number of benzene rings is 1. The molecule has 0 unspecified atom stereocenters. The molecule has 1 amide bonds. The second kappa shape index (κ2) is 11.1. The topological polar surface area (TPSA) is 95.4 Å². The maximum Gasteiger partial charge on any atom is 0.303 e. The van der Waals surface area contributed by atoms with Crippen molar-refractivity contribution >= 4 is 28.6 Å². The van der Waals surface area contributed by atoms with Gasteiger partial charge in [-0.1, -0.05) is 18.2 Å². The largest absolute Gasteiger partial charge is 0.481 e. The highest BCUT2D eigenvalue weighted by atomic mass is 16.4. The normalized spacial score (nSPS) is 15.9. The Kier molecular flexibility index (Phi) is 7.44. The number of carbonyl (C=O) groups is 2. The number of rotatable bonds is 8. The van der Waals surface area contributed by atoms with Crippen LogP contribution in [0.4, 0.5) is 5.82 Å². The van der Waals surface area contributed by atoms with Gasteiger partial charge in [0.15, 0.2) is 0 Å². The van der Waals surface area contributed by atoms with Gasteiger partial charge in [-0.25, -0.2) is 4.98 Å². The van der Waals surface area contributed by atoms with Gasteiger partial charge in [-0.2, -0.15) is 0 Å². The Morgan fingerprint density at radius 1 is 1.08 bits per heavy atom. The molecular formula is C29H34N4O3. The quantitative estimate of drug-likeness (QED) is 0.489. The maximum absolute atomic E-state index is 12.9. The van der Waals surface area contributed by atoms with E-state index in [1.165, 1.54) is 11.1 Å². The predicted molar refractivity (Wildman–Crippen MR) is 140 cm³/mol. The van der Waals surface area contributed by atoms with Crippen molar-refractivity contribution in [3.05, 3.63) is 65.0 Å². The van der Waals surface area contributed by atoms with Crippen LogP contribution < -0.4 is 5.32 Å². The number of amides is 1. The van der Waals surface area contributed by atoms with E-state index in [0.29, 0.717) is 25.2 Å². The monoisotopic (exact) mass is 486 g/mol. The molecule has 2 aromatic heterocycles. The molecule has 188 valence electrons. The number of carboxylic acid groups (broad SMARTS) is 1. The van der Waals surface area contributed by atoms with Gasteiger partial charge in [0.05, 0.1) is 5.52 Å². The lowest BCUT2D eigenvalue weighted by Gasteiger charge is -2.32. The SMILES string of the molecule is O=C(O)CCc1cnc2cccc(CC3CCN(C(=O)CCc4ccc5c(n4)NCCC5)CC3)c2c1. The highest BCUT2D eigenvalue weighted by Crippen LogP contribution is 2.27. The number of aryl methyl sites for hydroxylation is 3. The first-order valence-electron chi connectivity index (χ1n) is 13.1. The summed E-state index contributed by atoms with van der Waals surface area (Å²) in [5.74, 6) is 0.944. The number of nitrogens with zero attached hydrogens (tertiary/aromatic N) is 3. The molecule has 0 aliphatic carbocycles. The number of nitrogens with one attached hydrogen (secondary N) is 1. The van der Waals surface area contributed by atoms with Crippen molar-refractivity contribution in [2.24, 2.45) is 5.92 Å². The van der Waals surface area contributed by atoms with E-state index in [-0.39, 0.29) is 12.3 Å². The van der Waals surface area contributed by atoms with Crippen molar-refractivity contribution in [1.29, 1.82) is 0 Å². The maximum atomic E-state index is 12.9. The minimum Gasteiger partial charge on any atom is -0.481 e. The molecule has 36 heavy (non-hydrogen) atoms. The van der Waals surface area contributed by atoms with Crippen molar-refractivity contribution in [2.75, 3.05) is 25.0 Å². The molecule has 7 heteroatoms. The van der Waals surface area contributed by atoms with Crippen LogP contribution >= 0.6 is 0 Å². The summed E-state index contributed by atoms with van der Waals surface area (Å²) in [6.45, 7) is 2.57. The summed E-state index contributed by atoms with van der Waals surface area (Å²) in [5, 5.41) is 13.5. The van der Waals surface area contributed by atoms with Crippen LogP contribution in [0.15, 0.2) is 42.6 Å². The summed E-state index contributed by atoms with van der Waals surface area (Å²) >= 11 is 0. The van der Waals surface area contributed by atoms with E-state index in [9.17, 15) is 9.59 Å². The van der Waals surface area contributed by atoms with E-state index < -0.39 is 5.97 Å². The number of likely N-dealkylation sites (tertiary alicyclic amines) is 1. The van der Waals surface area contributed by atoms with Crippen LogP contribution in [0.2, 0.25) is 0 Å². The number of pyridine rings is 2. The van der Waals surface area contributed by atoms with Gasteiger partial charge in [0.2, 0.25) is 5.91 Å². The number of carbonyl (C=O) groups excluding carboxylic acids is 1. The number of piperidine rings is 1. The van der Waals surface area contributed by atoms with Gasteiger partial charge in [0.1, 0.15) is 5.82 Å². The standard InChI is InChI=1S/C29H34N4O3/c34-27(10-9-24-8-7-22-4-2-14-30-29(22)32-24)33-15-12-20(13-16-33)17-23-3-1-5-26-25(23)18-21(19-31-26)6-11-28(35)36/h1,3,5,7-8,18-20H,2,4,6,9-17H2,(H,30,32)(H,35,36). The van der Waals surface area contributed by atoms with E-state index in [1.54, 1.807) is 6.20 Å². The summed E-state index contributed by atoms with van der Waals surface area (Å²) in [6, 6.07) is 12.5. The first-order chi connectivity index (χ1) is 17.5. The molecule has 2 N–H and O–H groups in total. The second-order valence-corrected chi connectivity index (χ2v) is 10.1. The lowest BCUT2D eigenvalue weighted by molar-refractivity contribution is -0.137. The molecule has 0 spiro atoms. The van der Waals surface area contributed by atoms with Crippen molar-refractivity contribution in [1.82, 2.24) is 14.9 Å². The van der Waals surface area contributed by atoms with E-state index in [2.05, 4.69) is 34.6 Å². The van der Waals surface area contributed by atoms with Gasteiger partial charge in [-0.05, 0) is 85.8 Å². The lowest BCUT2D eigenvalue weighted by atomic mass is 9.88. The van der Waals surface area contributed by atoms with Gasteiger partial charge in [0, 0.05) is 49.8 Å². The fraction of sp³-hybridized carbons (Fsp3) is 0.448. The van der Waals surface area contributed by atoms with E-state index in [0.717, 1.165) is 79.7 Å². The Morgan fingerprint density at radius 2 is 1.94 bits per heavy atom. The number of hydrogen-bond acceptors (Lipinski definition) is 5. The number of aliphatic carboxylic acids is 1. The number of aromatic nitrogens is 2. The van der Waals surface area contributed by atoms with Crippen LogP contribution in [0.25, 0.3) is 10.9 Å².